The molecule has 3 nitrogen and oxygen atoms in total. The number of alkyl halides is 5. The Bertz CT molecular complexity index is 809. The highest BCUT2D eigenvalue weighted by Crippen LogP contribution is 2.32. The fourth-order valence-corrected chi connectivity index (χ4v) is 2.38. The van der Waals surface area contributed by atoms with Crippen molar-refractivity contribution in [1.82, 2.24) is 0 Å². The van der Waals surface area contributed by atoms with Crippen LogP contribution in [0.15, 0.2) is 54.6 Å². The summed E-state index contributed by atoms with van der Waals surface area (Å²) in [6, 6.07) is 10.3. The lowest BCUT2D eigenvalue weighted by atomic mass is 10.1. The van der Waals surface area contributed by atoms with E-state index in [2.05, 4.69) is 0 Å². The van der Waals surface area contributed by atoms with Gasteiger partial charge in [-0.2, -0.15) is 22.0 Å². The van der Waals surface area contributed by atoms with Crippen molar-refractivity contribution in [1.29, 1.82) is 0 Å². The number of aliphatic carboxylic acids is 1. The lowest BCUT2D eigenvalue weighted by molar-refractivity contribution is -0.185. The van der Waals surface area contributed by atoms with Crippen LogP contribution >= 0.6 is 0 Å². The molecule has 0 aliphatic heterocycles. The van der Waals surface area contributed by atoms with E-state index in [1.807, 2.05) is 0 Å². The highest BCUT2D eigenvalue weighted by molar-refractivity contribution is 5.85. The SMILES string of the molecule is O=C(O)C=Cc1ccc(C(F)(F)Oc2ccc(CCCC(F)(F)F)cc2)cc1. The van der Waals surface area contributed by atoms with E-state index in [4.69, 9.17) is 9.84 Å². The first kappa shape index (κ1) is 21.4. The summed E-state index contributed by atoms with van der Waals surface area (Å²) in [5.74, 6) is -1.28. The fraction of sp³-hybridized carbons (Fsp3) is 0.250. The molecule has 2 aromatic carbocycles. The molecule has 0 fully saturated rings. The molecule has 0 bridgehead atoms. The summed E-state index contributed by atoms with van der Waals surface area (Å²) < 4.78 is 69.7. The molecule has 2 aromatic rings. The molecular formula is C20H17F5O3. The van der Waals surface area contributed by atoms with Gasteiger partial charge in [0.2, 0.25) is 0 Å². The third-order valence-corrected chi connectivity index (χ3v) is 3.76. The van der Waals surface area contributed by atoms with Crippen LogP contribution in [0.5, 0.6) is 5.75 Å². The Kier molecular flexibility index (Phi) is 6.77. The molecule has 0 aliphatic carbocycles. The Morgan fingerprint density at radius 2 is 1.57 bits per heavy atom. The zero-order valence-electron chi connectivity index (χ0n) is 14.5. The molecule has 0 radical (unpaired) electrons. The Morgan fingerprint density at radius 3 is 2.11 bits per heavy atom. The second kappa shape index (κ2) is 8.86. The van der Waals surface area contributed by atoms with Crippen LogP contribution in [-0.4, -0.2) is 17.3 Å². The zero-order chi connectivity index (χ0) is 20.8. The number of hydrogen-bond acceptors (Lipinski definition) is 2. The van der Waals surface area contributed by atoms with Gasteiger partial charge in [-0.05, 0) is 54.3 Å². The fourth-order valence-electron chi connectivity index (χ4n) is 2.38. The van der Waals surface area contributed by atoms with Crippen LogP contribution in [-0.2, 0) is 17.3 Å². The average molecular weight is 400 g/mol. The summed E-state index contributed by atoms with van der Waals surface area (Å²) in [6.45, 7) is 0. The molecule has 0 aromatic heterocycles. The lowest BCUT2D eigenvalue weighted by Crippen LogP contribution is -2.21. The molecule has 0 aliphatic rings. The van der Waals surface area contributed by atoms with E-state index in [0.29, 0.717) is 11.1 Å². The number of aryl methyl sites for hydroxylation is 1. The molecule has 150 valence electrons. The number of carboxylic acids is 1. The van der Waals surface area contributed by atoms with E-state index in [0.717, 1.165) is 18.2 Å². The summed E-state index contributed by atoms with van der Waals surface area (Å²) in [5, 5.41) is 8.55. The molecule has 8 heteroatoms. The predicted octanol–water partition coefficient (Wildman–Crippen LogP) is 5.80. The summed E-state index contributed by atoms with van der Waals surface area (Å²) in [4.78, 5) is 10.5. The van der Waals surface area contributed by atoms with Gasteiger partial charge in [0, 0.05) is 12.5 Å². The van der Waals surface area contributed by atoms with Crippen LogP contribution in [0.25, 0.3) is 6.08 Å². The van der Waals surface area contributed by atoms with Crippen molar-refractivity contribution < 1.29 is 36.6 Å². The topological polar surface area (TPSA) is 46.5 Å². The molecular weight excluding hydrogens is 383 g/mol. The molecule has 0 heterocycles. The largest absolute Gasteiger partial charge is 0.478 e. The second-order valence-corrected chi connectivity index (χ2v) is 6.03. The van der Waals surface area contributed by atoms with Crippen molar-refractivity contribution in [3.63, 3.8) is 0 Å². The van der Waals surface area contributed by atoms with Gasteiger partial charge in [-0.1, -0.05) is 24.3 Å². The van der Waals surface area contributed by atoms with Crippen molar-refractivity contribution in [2.45, 2.75) is 31.5 Å². The summed E-state index contributed by atoms with van der Waals surface area (Å²) in [6.07, 6.45) is -6.50. The summed E-state index contributed by atoms with van der Waals surface area (Å²) >= 11 is 0. The van der Waals surface area contributed by atoms with E-state index >= 15 is 0 Å². The maximum Gasteiger partial charge on any atom is 0.426 e. The maximum atomic E-state index is 14.3. The number of halogens is 5. The standard InChI is InChI=1S/C20H17F5O3/c21-19(22,23)13-1-2-14-5-10-17(11-6-14)28-20(24,25)16-8-3-15(4-9-16)7-12-18(26)27/h3-12H,1-2,13H2,(H,26,27). The van der Waals surface area contributed by atoms with E-state index in [1.165, 1.54) is 42.5 Å². The third kappa shape index (κ3) is 7.02. The minimum Gasteiger partial charge on any atom is -0.478 e. The van der Waals surface area contributed by atoms with Crippen LogP contribution in [0.4, 0.5) is 22.0 Å². The molecule has 0 unspecified atom stereocenters. The van der Waals surface area contributed by atoms with Crippen LogP contribution in [0.1, 0.15) is 29.5 Å². The molecule has 0 saturated carbocycles. The highest BCUT2D eigenvalue weighted by atomic mass is 19.4. The summed E-state index contributed by atoms with van der Waals surface area (Å²) in [5.41, 5.74) is 0.605. The van der Waals surface area contributed by atoms with Gasteiger partial charge in [-0.15, -0.1) is 0 Å². The second-order valence-electron chi connectivity index (χ2n) is 6.03. The lowest BCUT2D eigenvalue weighted by Gasteiger charge is -2.18. The minimum atomic E-state index is -4.22. The van der Waals surface area contributed by atoms with E-state index in [-0.39, 0.29) is 18.6 Å². The number of rotatable bonds is 8. The van der Waals surface area contributed by atoms with Crippen LogP contribution in [0, 0.1) is 0 Å². The zero-order valence-corrected chi connectivity index (χ0v) is 14.5. The number of carboxylic acid groups (broad SMARTS) is 1. The predicted molar refractivity (Wildman–Crippen MR) is 93.1 cm³/mol. The van der Waals surface area contributed by atoms with Crippen LogP contribution in [0.2, 0.25) is 0 Å². The normalized spacial score (nSPS) is 12.3. The van der Waals surface area contributed by atoms with Gasteiger partial charge in [0.1, 0.15) is 5.75 Å². The number of ether oxygens (including phenoxy) is 1. The van der Waals surface area contributed by atoms with Gasteiger partial charge in [-0.3, -0.25) is 0 Å². The Hall–Kier alpha value is -2.90. The van der Waals surface area contributed by atoms with Gasteiger partial charge in [0.25, 0.3) is 0 Å². The Morgan fingerprint density at radius 1 is 0.964 bits per heavy atom. The number of carbonyl (C=O) groups is 1. The highest BCUT2D eigenvalue weighted by Gasteiger charge is 2.34. The maximum absolute atomic E-state index is 14.3. The Labute approximate surface area is 158 Å². The minimum absolute atomic E-state index is 0.0808. The van der Waals surface area contributed by atoms with Crippen LogP contribution < -0.4 is 4.74 Å². The molecule has 0 atom stereocenters. The van der Waals surface area contributed by atoms with Crippen molar-refractivity contribution >= 4 is 12.0 Å². The van der Waals surface area contributed by atoms with Crippen molar-refractivity contribution in [2.75, 3.05) is 0 Å². The molecule has 0 saturated heterocycles. The first-order chi connectivity index (χ1) is 13.0. The summed E-state index contributed by atoms with van der Waals surface area (Å²) in [7, 11) is 0. The van der Waals surface area contributed by atoms with Gasteiger partial charge >= 0.3 is 18.3 Å². The first-order valence-corrected chi connectivity index (χ1v) is 8.29. The van der Waals surface area contributed by atoms with Crippen molar-refractivity contribution in [3.05, 3.63) is 71.3 Å². The van der Waals surface area contributed by atoms with Gasteiger partial charge < -0.3 is 9.84 Å². The third-order valence-electron chi connectivity index (χ3n) is 3.76. The molecule has 28 heavy (non-hydrogen) atoms. The van der Waals surface area contributed by atoms with Gasteiger partial charge in [-0.25, -0.2) is 4.79 Å². The van der Waals surface area contributed by atoms with E-state index in [9.17, 15) is 26.7 Å². The van der Waals surface area contributed by atoms with Crippen molar-refractivity contribution in [3.8, 4) is 5.75 Å². The van der Waals surface area contributed by atoms with Crippen molar-refractivity contribution in [2.24, 2.45) is 0 Å². The van der Waals surface area contributed by atoms with E-state index in [1.54, 1.807) is 0 Å². The van der Waals surface area contributed by atoms with Gasteiger partial charge in [0.15, 0.2) is 0 Å². The first-order valence-electron chi connectivity index (χ1n) is 8.29. The van der Waals surface area contributed by atoms with Crippen LogP contribution in [0.3, 0.4) is 0 Å². The molecule has 0 spiro atoms. The monoisotopic (exact) mass is 400 g/mol. The molecule has 1 N–H and O–H groups in total. The molecule has 2 rings (SSSR count). The molecule has 0 amide bonds. The smallest absolute Gasteiger partial charge is 0.426 e. The number of hydrogen-bond donors (Lipinski definition) is 1. The quantitative estimate of drug-likeness (QED) is 0.450. The van der Waals surface area contributed by atoms with Gasteiger partial charge in [0.05, 0.1) is 5.56 Å². The average Bonchev–Trinajstić information content (AvgIpc) is 2.60. The number of benzene rings is 2. The van der Waals surface area contributed by atoms with E-state index < -0.39 is 30.2 Å². The Balaban J connectivity index is 1.98.